The zero-order chi connectivity index (χ0) is 12.0. The second-order valence-electron chi connectivity index (χ2n) is 4.30. The van der Waals surface area contributed by atoms with Gasteiger partial charge < -0.3 is 9.64 Å². The Balaban J connectivity index is 2.28. The van der Waals surface area contributed by atoms with Gasteiger partial charge in [-0.2, -0.15) is 0 Å². The SMILES string of the molecule is C=C1C=CCOC12C(=O)N(C)c1ccccc12. The molecule has 0 N–H and O–H groups in total. The van der Waals surface area contributed by atoms with Crippen LogP contribution < -0.4 is 4.90 Å². The molecular weight excluding hydrogens is 214 g/mol. The maximum atomic E-state index is 12.5. The third-order valence-corrected chi connectivity index (χ3v) is 3.42. The number of para-hydroxylation sites is 1. The number of benzene rings is 1. The lowest BCUT2D eigenvalue weighted by molar-refractivity contribution is -0.137. The molecule has 2 heterocycles. The van der Waals surface area contributed by atoms with Crippen molar-refractivity contribution in [2.24, 2.45) is 0 Å². The highest BCUT2D eigenvalue weighted by Crippen LogP contribution is 2.47. The summed E-state index contributed by atoms with van der Waals surface area (Å²) in [5.41, 5.74) is 1.49. The third kappa shape index (κ3) is 1.12. The topological polar surface area (TPSA) is 29.5 Å². The van der Waals surface area contributed by atoms with E-state index in [-0.39, 0.29) is 5.91 Å². The largest absolute Gasteiger partial charge is 0.352 e. The highest BCUT2D eigenvalue weighted by atomic mass is 16.5. The van der Waals surface area contributed by atoms with Gasteiger partial charge >= 0.3 is 0 Å². The van der Waals surface area contributed by atoms with Gasteiger partial charge in [-0.05, 0) is 11.6 Å². The van der Waals surface area contributed by atoms with Crippen LogP contribution in [-0.4, -0.2) is 19.6 Å². The molecular formula is C14H13NO2. The van der Waals surface area contributed by atoms with Gasteiger partial charge in [-0.25, -0.2) is 0 Å². The van der Waals surface area contributed by atoms with Crippen molar-refractivity contribution >= 4 is 11.6 Å². The van der Waals surface area contributed by atoms with Gasteiger partial charge in [-0.1, -0.05) is 36.9 Å². The monoisotopic (exact) mass is 227 g/mol. The number of rotatable bonds is 0. The van der Waals surface area contributed by atoms with Gasteiger partial charge in [-0.3, -0.25) is 4.79 Å². The molecule has 3 nitrogen and oxygen atoms in total. The second-order valence-corrected chi connectivity index (χ2v) is 4.30. The third-order valence-electron chi connectivity index (χ3n) is 3.42. The standard InChI is InChI=1S/C14H13NO2/c1-10-6-5-9-17-14(10)11-7-3-4-8-12(11)15(2)13(14)16/h3-8H,1,9H2,2H3. The van der Waals surface area contributed by atoms with Crippen LogP contribution in [0.2, 0.25) is 0 Å². The Kier molecular flexibility index (Phi) is 2.00. The van der Waals surface area contributed by atoms with E-state index in [9.17, 15) is 4.79 Å². The summed E-state index contributed by atoms with van der Waals surface area (Å²) in [5, 5.41) is 0. The highest BCUT2D eigenvalue weighted by Gasteiger charge is 2.52. The summed E-state index contributed by atoms with van der Waals surface area (Å²) in [4.78, 5) is 14.1. The fourth-order valence-electron chi connectivity index (χ4n) is 2.55. The van der Waals surface area contributed by atoms with Gasteiger partial charge in [0.25, 0.3) is 5.91 Å². The summed E-state index contributed by atoms with van der Waals surface area (Å²) >= 11 is 0. The van der Waals surface area contributed by atoms with Crippen LogP contribution in [0.5, 0.6) is 0 Å². The Hall–Kier alpha value is -1.87. The Morgan fingerprint density at radius 3 is 2.94 bits per heavy atom. The van der Waals surface area contributed by atoms with Gasteiger partial charge in [0.05, 0.1) is 12.3 Å². The lowest BCUT2D eigenvalue weighted by Gasteiger charge is -2.31. The molecule has 86 valence electrons. The van der Waals surface area contributed by atoms with Crippen LogP contribution in [0.4, 0.5) is 5.69 Å². The first-order chi connectivity index (χ1) is 8.18. The molecule has 0 fully saturated rings. The number of carbonyl (C=O) groups excluding carboxylic acids is 1. The van der Waals surface area contributed by atoms with E-state index in [2.05, 4.69) is 6.58 Å². The van der Waals surface area contributed by atoms with E-state index in [1.165, 1.54) is 0 Å². The number of ether oxygens (including phenoxy) is 1. The molecule has 0 aromatic heterocycles. The molecule has 1 aromatic carbocycles. The van der Waals surface area contributed by atoms with Crippen molar-refractivity contribution in [3.05, 3.63) is 54.1 Å². The second kappa shape index (κ2) is 3.31. The quantitative estimate of drug-likeness (QED) is 0.678. The molecule has 2 aliphatic heterocycles. The first-order valence-corrected chi connectivity index (χ1v) is 5.55. The number of hydrogen-bond acceptors (Lipinski definition) is 2. The van der Waals surface area contributed by atoms with Crippen LogP contribution in [0.1, 0.15) is 5.56 Å². The van der Waals surface area contributed by atoms with Gasteiger partial charge in [0.1, 0.15) is 0 Å². The molecule has 1 aromatic rings. The molecule has 1 spiro atoms. The Bertz CT molecular complexity index is 547. The fourth-order valence-corrected chi connectivity index (χ4v) is 2.55. The first kappa shape index (κ1) is 10.3. The molecule has 1 atom stereocenters. The summed E-state index contributed by atoms with van der Waals surface area (Å²) in [6.07, 6.45) is 3.75. The Morgan fingerprint density at radius 2 is 2.18 bits per heavy atom. The first-order valence-electron chi connectivity index (χ1n) is 5.55. The number of carbonyl (C=O) groups is 1. The minimum atomic E-state index is -1.000. The molecule has 17 heavy (non-hydrogen) atoms. The van der Waals surface area contributed by atoms with Gasteiger partial charge in [0, 0.05) is 12.6 Å². The molecule has 1 unspecified atom stereocenters. The normalized spacial score (nSPS) is 26.8. The fraction of sp³-hybridized carbons (Fsp3) is 0.214. The van der Waals surface area contributed by atoms with E-state index >= 15 is 0 Å². The number of anilines is 1. The molecule has 3 heteroatoms. The van der Waals surface area contributed by atoms with Gasteiger partial charge in [-0.15, -0.1) is 0 Å². The summed E-state index contributed by atoms with van der Waals surface area (Å²) in [6.45, 7) is 4.41. The highest BCUT2D eigenvalue weighted by molar-refractivity contribution is 6.09. The molecule has 0 saturated carbocycles. The molecule has 1 amide bonds. The summed E-state index contributed by atoms with van der Waals surface area (Å²) in [6, 6.07) is 7.70. The number of amides is 1. The Morgan fingerprint density at radius 1 is 1.41 bits per heavy atom. The van der Waals surface area contributed by atoms with Crippen molar-refractivity contribution in [2.75, 3.05) is 18.6 Å². The smallest absolute Gasteiger partial charge is 0.268 e. The van der Waals surface area contributed by atoms with E-state index in [0.717, 1.165) is 11.3 Å². The lowest BCUT2D eigenvalue weighted by atomic mass is 9.86. The van der Waals surface area contributed by atoms with E-state index in [4.69, 9.17) is 4.74 Å². The summed E-state index contributed by atoms with van der Waals surface area (Å²) in [7, 11) is 1.77. The van der Waals surface area contributed by atoms with Crippen LogP contribution in [0.15, 0.2) is 48.6 Å². The average molecular weight is 227 g/mol. The number of hydrogen-bond donors (Lipinski definition) is 0. The van der Waals surface area contributed by atoms with E-state index < -0.39 is 5.60 Å². The lowest BCUT2D eigenvalue weighted by Crippen LogP contribution is -2.43. The predicted octanol–water partition coefficient (Wildman–Crippen LogP) is 2.00. The van der Waals surface area contributed by atoms with Crippen molar-refractivity contribution in [3.8, 4) is 0 Å². The molecule has 0 aliphatic carbocycles. The predicted molar refractivity (Wildman–Crippen MR) is 65.8 cm³/mol. The number of likely N-dealkylation sites (N-methyl/N-ethyl adjacent to an activating group) is 1. The van der Waals surface area contributed by atoms with Gasteiger partial charge in [0.2, 0.25) is 0 Å². The zero-order valence-electron chi connectivity index (χ0n) is 9.64. The number of nitrogens with zero attached hydrogens (tertiary/aromatic N) is 1. The van der Waals surface area contributed by atoms with Crippen LogP contribution in [0.25, 0.3) is 0 Å². The summed E-state index contributed by atoms with van der Waals surface area (Å²) < 4.78 is 5.77. The van der Waals surface area contributed by atoms with E-state index in [0.29, 0.717) is 12.2 Å². The summed E-state index contributed by atoms with van der Waals surface area (Å²) in [5.74, 6) is -0.0620. The van der Waals surface area contributed by atoms with E-state index in [1.807, 2.05) is 36.4 Å². The van der Waals surface area contributed by atoms with Crippen molar-refractivity contribution in [3.63, 3.8) is 0 Å². The van der Waals surface area contributed by atoms with E-state index in [1.54, 1.807) is 11.9 Å². The van der Waals surface area contributed by atoms with Crippen molar-refractivity contribution < 1.29 is 9.53 Å². The van der Waals surface area contributed by atoms with Crippen LogP contribution in [-0.2, 0) is 15.1 Å². The van der Waals surface area contributed by atoms with Gasteiger partial charge in [0.15, 0.2) is 5.60 Å². The zero-order valence-corrected chi connectivity index (χ0v) is 9.64. The average Bonchev–Trinajstić information content (AvgIpc) is 2.57. The maximum Gasteiger partial charge on any atom is 0.268 e. The number of fused-ring (bicyclic) bond motifs is 2. The molecule has 2 aliphatic rings. The minimum Gasteiger partial charge on any atom is -0.352 e. The molecule has 0 saturated heterocycles. The Labute approximate surface area is 100.0 Å². The molecule has 3 rings (SSSR count). The van der Waals surface area contributed by atoms with Crippen molar-refractivity contribution in [1.29, 1.82) is 0 Å². The minimum absolute atomic E-state index is 0.0620. The van der Waals surface area contributed by atoms with Crippen molar-refractivity contribution in [2.45, 2.75) is 5.60 Å². The molecule has 0 radical (unpaired) electrons. The van der Waals surface area contributed by atoms with Crippen LogP contribution in [0.3, 0.4) is 0 Å². The van der Waals surface area contributed by atoms with Crippen molar-refractivity contribution in [1.82, 2.24) is 0 Å². The molecule has 0 bridgehead atoms. The van der Waals surface area contributed by atoms with Crippen LogP contribution >= 0.6 is 0 Å². The maximum absolute atomic E-state index is 12.5. The van der Waals surface area contributed by atoms with Crippen LogP contribution in [0, 0.1) is 0 Å².